The molecule has 2 amide bonds. The summed E-state index contributed by atoms with van der Waals surface area (Å²) in [4.78, 5) is 28.3. The molecular formula is C18H26N2O3. The van der Waals surface area contributed by atoms with Crippen LogP contribution < -0.4 is 4.90 Å². The largest absolute Gasteiger partial charge is 0.444 e. The van der Waals surface area contributed by atoms with Crippen LogP contribution in [0, 0.1) is 5.41 Å². The lowest BCUT2D eigenvalue weighted by molar-refractivity contribution is -0.119. The second-order valence-electron chi connectivity index (χ2n) is 7.82. The number of hydrogen-bond donors (Lipinski definition) is 0. The van der Waals surface area contributed by atoms with Gasteiger partial charge >= 0.3 is 6.09 Å². The van der Waals surface area contributed by atoms with E-state index in [4.69, 9.17) is 4.74 Å². The summed E-state index contributed by atoms with van der Waals surface area (Å²) in [7, 11) is 0. The SMILES string of the molecule is CC1(C)CN(C(=O)OC(C)(C)C)CC(=O)N(c2ccccc2)C1. The summed E-state index contributed by atoms with van der Waals surface area (Å²) in [5, 5.41) is 0. The standard InChI is InChI=1S/C18H26N2O3/c1-17(2,3)23-16(22)19-11-15(21)20(13-18(4,5)12-19)14-9-7-6-8-10-14/h6-10H,11-13H2,1-5H3. The molecule has 1 aliphatic rings. The number of benzene rings is 1. The lowest BCUT2D eigenvalue weighted by atomic mass is 9.92. The smallest absolute Gasteiger partial charge is 0.410 e. The molecule has 0 aliphatic carbocycles. The van der Waals surface area contributed by atoms with E-state index in [-0.39, 0.29) is 17.9 Å². The van der Waals surface area contributed by atoms with Gasteiger partial charge in [-0.15, -0.1) is 0 Å². The van der Waals surface area contributed by atoms with Gasteiger partial charge in [-0.2, -0.15) is 0 Å². The Kier molecular flexibility index (Phi) is 4.68. The van der Waals surface area contributed by atoms with Crippen LogP contribution in [0.4, 0.5) is 10.5 Å². The number of amides is 2. The van der Waals surface area contributed by atoms with E-state index in [2.05, 4.69) is 13.8 Å². The highest BCUT2D eigenvalue weighted by Gasteiger charge is 2.36. The van der Waals surface area contributed by atoms with Gasteiger partial charge in [0.25, 0.3) is 0 Å². The van der Waals surface area contributed by atoms with Crippen LogP contribution in [0.15, 0.2) is 30.3 Å². The number of ether oxygens (including phenoxy) is 1. The lowest BCUT2D eigenvalue weighted by Crippen LogP contribution is -2.42. The Balaban J connectivity index is 2.23. The van der Waals surface area contributed by atoms with Crippen LogP contribution in [-0.2, 0) is 9.53 Å². The Bertz CT molecular complexity index is 576. The number of hydrogen-bond acceptors (Lipinski definition) is 3. The van der Waals surface area contributed by atoms with Crippen LogP contribution >= 0.6 is 0 Å². The van der Waals surface area contributed by atoms with Crippen LogP contribution in [0.25, 0.3) is 0 Å². The summed E-state index contributed by atoms with van der Waals surface area (Å²) in [6.07, 6.45) is -0.436. The van der Waals surface area contributed by atoms with Crippen molar-refractivity contribution in [3.63, 3.8) is 0 Å². The number of para-hydroxylation sites is 1. The summed E-state index contributed by atoms with van der Waals surface area (Å²) in [6, 6.07) is 9.57. The van der Waals surface area contributed by atoms with Crippen molar-refractivity contribution in [3.05, 3.63) is 30.3 Å². The Morgan fingerprint density at radius 3 is 2.30 bits per heavy atom. The number of nitrogens with zero attached hydrogens (tertiary/aromatic N) is 2. The van der Waals surface area contributed by atoms with Gasteiger partial charge in [-0.3, -0.25) is 9.69 Å². The second-order valence-corrected chi connectivity index (χ2v) is 7.82. The minimum absolute atomic E-state index is 0.0350. The van der Waals surface area contributed by atoms with Crippen molar-refractivity contribution in [2.45, 2.75) is 40.2 Å². The molecule has 23 heavy (non-hydrogen) atoms. The average Bonchev–Trinajstić information content (AvgIpc) is 2.54. The van der Waals surface area contributed by atoms with Crippen LogP contribution in [-0.4, -0.2) is 42.1 Å². The first-order valence-corrected chi connectivity index (χ1v) is 7.91. The van der Waals surface area contributed by atoms with Gasteiger partial charge < -0.3 is 9.64 Å². The zero-order chi connectivity index (χ0) is 17.3. The summed E-state index contributed by atoms with van der Waals surface area (Å²) < 4.78 is 5.43. The van der Waals surface area contributed by atoms with E-state index < -0.39 is 11.7 Å². The quantitative estimate of drug-likeness (QED) is 0.798. The maximum absolute atomic E-state index is 12.7. The summed E-state index contributed by atoms with van der Waals surface area (Å²) in [6.45, 7) is 10.7. The predicted molar refractivity (Wildman–Crippen MR) is 90.4 cm³/mol. The first kappa shape index (κ1) is 17.3. The highest BCUT2D eigenvalue weighted by Crippen LogP contribution is 2.27. The molecule has 0 saturated carbocycles. The molecule has 1 heterocycles. The maximum atomic E-state index is 12.7. The molecule has 2 rings (SSSR count). The molecule has 5 nitrogen and oxygen atoms in total. The average molecular weight is 318 g/mol. The van der Waals surface area contributed by atoms with Gasteiger partial charge in [-0.25, -0.2) is 4.79 Å². The van der Waals surface area contributed by atoms with Crippen LogP contribution in [0.2, 0.25) is 0 Å². The van der Waals surface area contributed by atoms with Gasteiger partial charge in [0.2, 0.25) is 5.91 Å². The molecule has 0 unspecified atom stereocenters. The monoisotopic (exact) mass is 318 g/mol. The third-order valence-corrected chi connectivity index (χ3v) is 3.55. The topological polar surface area (TPSA) is 49.9 Å². The normalized spacial score (nSPS) is 18.6. The van der Waals surface area contributed by atoms with Crippen molar-refractivity contribution in [1.29, 1.82) is 0 Å². The predicted octanol–water partition coefficient (Wildman–Crippen LogP) is 3.30. The molecule has 1 aromatic carbocycles. The molecule has 0 N–H and O–H groups in total. The fourth-order valence-corrected chi connectivity index (χ4v) is 2.69. The van der Waals surface area contributed by atoms with Crippen LogP contribution in [0.5, 0.6) is 0 Å². The summed E-state index contributed by atoms with van der Waals surface area (Å²) in [5.41, 5.74) is 0.0610. The second kappa shape index (κ2) is 6.22. The minimum atomic E-state index is -0.574. The summed E-state index contributed by atoms with van der Waals surface area (Å²) >= 11 is 0. The number of carbonyl (C=O) groups excluding carboxylic acids is 2. The van der Waals surface area contributed by atoms with Crippen molar-refractivity contribution in [1.82, 2.24) is 4.90 Å². The fourth-order valence-electron chi connectivity index (χ4n) is 2.69. The van der Waals surface area contributed by atoms with Gasteiger partial charge in [0, 0.05) is 24.2 Å². The van der Waals surface area contributed by atoms with Crippen molar-refractivity contribution in [2.24, 2.45) is 5.41 Å². The third kappa shape index (κ3) is 4.71. The Morgan fingerprint density at radius 1 is 1.13 bits per heavy atom. The zero-order valence-corrected chi connectivity index (χ0v) is 14.6. The van der Waals surface area contributed by atoms with Crippen LogP contribution in [0.1, 0.15) is 34.6 Å². The van der Waals surface area contributed by atoms with Gasteiger partial charge in [0.1, 0.15) is 12.1 Å². The van der Waals surface area contributed by atoms with Crippen LogP contribution in [0.3, 0.4) is 0 Å². The van der Waals surface area contributed by atoms with Gasteiger partial charge in [-0.05, 0) is 32.9 Å². The van der Waals surface area contributed by atoms with E-state index in [1.54, 1.807) is 4.90 Å². The van der Waals surface area contributed by atoms with E-state index >= 15 is 0 Å². The molecule has 1 aromatic rings. The highest BCUT2D eigenvalue weighted by atomic mass is 16.6. The van der Waals surface area contributed by atoms with E-state index in [0.717, 1.165) is 5.69 Å². The molecule has 1 fully saturated rings. The zero-order valence-electron chi connectivity index (χ0n) is 14.6. The highest BCUT2D eigenvalue weighted by molar-refractivity contribution is 5.96. The minimum Gasteiger partial charge on any atom is -0.444 e. The Labute approximate surface area is 138 Å². The molecule has 1 aliphatic heterocycles. The van der Waals surface area contributed by atoms with E-state index in [1.807, 2.05) is 51.1 Å². The van der Waals surface area contributed by atoms with Crippen molar-refractivity contribution < 1.29 is 14.3 Å². The Morgan fingerprint density at radius 2 is 1.74 bits per heavy atom. The van der Waals surface area contributed by atoms with Gasteiger partial charge in [0.05, 0.1) is 0 Å². The van der Waals surface area contributed by atoms with Crippen molar-refractivity contribution in [3.8, 4) is 0 Å². The van der Waals surface area contributed by atoms with E-state index in [0.29, 0.717) is 13.1 Å². The molecule has 0 spiro atoms. The molecule has 0 bridgehead atoms. The Hall–Kier alpha value is -2.04. The molecule has 0 aromatic heterocycles. The number of carbonyl (C=O) groups is 2. The van der Waals surface area contributed by atoms with E-state index in [1.165, 1.54) is 4.90 Å². The third-order valence-electron chi connectivity index (χ3n) is 3.55. The molecule has 0 radical (unpaired) electrons. The fraction of sp³-hybridized carbons (Fsp3) is 0.556. The lowest BCUT2D eigenvalue weighted by Gasteiger charge is -2.31. The van der Waals surface area contributed by atoms with Gasteiger partial charge in [0.15, 0.2) is 0 Å². The van der Waals surface area contributed by atoms with E-state index in [9.17, 15) is 9.59 Å². The van der Waals surface area contributed by atoms with Crippen molar-refractivity contribution in [2.75, 3.05) is 24.5 Å². The van der Waals surface area contributed by atoms with Gasteiger partial charge in [-0.1, -0.05) is 32.0 Å². The van der Waals surface area contributed by atoms with Crippen molar-refractivity contribution >= 4 is 17.7 Å². The first-order chi connectivity index (χ1) is 10.6. The maximum Gasteiger partial charge on any atom is 0.410 e. The molecular weight excluding hydrogens is 292 g/mol. The number of anilines is 1. The molecule has 1 saturated heterocycles. The molecule has 0 atom stereocenters. The first-order valence-electron chi connectivity index (χ1n) is 7.91. The molecule has 5 heteroatoms. The number of rotatable bonds is 1. The molecule has 126 valence electrons. The summed E-state index contributed by atoms with van der Waals surface area (Å²) in [5.74, 6) is -0.0902.